The van der Waals surface area contributed by atoms with E-state index in [2.05, 4.69) is 10.6 Å². The van der Waals surface area contributed by atoms with Crippen molar-refractivity contribution in [1.82, 2.24) is 0 Å². The summed E-state index contributed by atoms with van der Waals surface area (Å²) >= 11 is 0. The molecule has 2 amide bonds. The minimum Gasteiger partial charge on any atom is -0.497 e. The molecule has 3 aromatic carbocycles. The SMILES string of the molecule is COc1ccc(NC(=O)c2oc3ccccc3c2NC(=O)c2ccccc2C)cc1. The molecule has 0 saturated heterocycles. The summed E-state index contributed by atoms with van der Waals surface area (Å²) in [7, 11) is 1.57. The zero-order valence-corrected chi connectivity index (χ0v) is 16.6. The zero-order chi connectivity index (χ0) is 21.1. The van der Waals surface area contributed by atoms with Crippen LogP contribution in [0.1, 0.15) is 26.5 Å². The van der Waals surface area contributed by atoms with Gasteiger partial charge in [-0.15, -0.1) is 0 Å². The van der Waals surface area contributed by atoms with Gasteiger partial charge in [0.05, 0.1) is 7.11 Å². The van der Waals surface area contributed by atoms with Crippen LogP contribution in [-0.4, -0.2) is 18.9 Å². The third kappa shape index (κ3) is 3.75. The predicted molar refractivity (Wildman–Crippen MR) is 116 cm³/mol. The average Bonchev–Trinajstić information content (AvgIpc) is 3.13. The predicted octanol–water partition coefficient (Wildman–Crippen LogP) is 5.25. The number of furan rings is 1. The number of aryl methyl sites for hydroxylation is 1. The fourth-order valence-corrected chi connectivity index (χ4v) is 3.20. The lowest BCUT2D eigenvalue weighted by atomic mass is 10.1. The topological polar surface area (TPSA) is 80.6 Å². The maximum absolute atomic E-state index is 13.0. The Bertz CT molecular complexity index is 1230. The molecule has 0 unspecified atom stereocenters. The third-order valence-corrected chi connectivity index (χ3v) is 4.78. The largest absolute Gasteiger partial charge is 0.497 e. The van der Waals surface area contributed by atoms with Crippen LogP contribution < -0.4 is 15.4 Å². The van der Waals surface area contributed by atoms with Crippen LogP contribution in [0.5, 0.6) is 5.75 Å². The quantitative estimate of drug-likeness (QED) is 0.479. The van der Waals surface area contributed by atoms with Gasteiger partial charge in [0, 0.05) is 16.6 Å². The van der Waals surface area contributed by atoms with Gasteiger partial charge in [0.15, 0.2) is 0 Å². The highest BCUT2D eigenvalue weighted by Crippen LogP contribution is 2.32. The van der Waals surface area contributed by atoms with Crippen molar-refractivity contribution in [2.45, 2.75) is 6.92 Å². The third-order valence-electron chi connectivity index (χ3n) is 4.78. The van der Waals surface area contributed by atoms with Crippen molar-refractivity contribution in [3.05, 3.63) is 89.7 Å². The second kappa shape index (κ2) is 8.13. The molecule has 0 aliphatic rings. The van der Waals surface area contributed by atoms with Crippen molar-refractivity contribution in [2.75, 3.05) is 17.7 Å². The van der Waals surface area contributed by atoms with E-state index in [0.717, 1.165) is 5.56 Å². The van der Waals surface area contributed by atoms with E-state index in [9.17, 15) is 9.59 Å². The molecule has 2 N–H and O–H groups in total. The number of anilines is 2. The Hall–Kier alpha value is -4.06. The minimum atomic E-state index is -0.462. The van der Waals surface area contributed by atoms with Crippen LogP contribution in [0.25, 0.3) is 11.0 Å². The highest BCUT2D eigenvalue weighted by molar-refractivity contribution is 6.17. The summed E-state index contributed by atoms with van der Waals surface area (Å²) in [5.74, 6) is -0.0496. The molecular weight excluding hydrogens is 380 g/mol. The monoisotopic (exact) mass is 400 g/mol. The summed E-state index contributed by atoms with van der Waals surface area (Å²) in [6, 6.07) is 21.4. The molecule has 1 aromatic heterocycles. The summed E-state index contributed by atoms with van der Waals surface area (Å²) in [5.41, 5.74) is 2.80. The number of nitrogens with one attached hydrogen (secondary N) is 2. The Morgan fingerprint density at radius 1 is 0.833 bits per heavy atom. The smallest absolute Gasteiger partial charge is 0.293 e. The Morgan fingerprint density at radius 3 is 2.27 bits per heavy atom. The number of hydrogen-bond donors (Lipinski definition) is 2. The molecule has 0 aliphatic carbocycles. The van der Waals surface area contributed by atoms with Crippen LogP contribution in [0.2, 0.25) is 0 Å². The van der Waals surface area contributed by atoms with Gasteiger partial charge in [-0.1, -0.05) is 30.3 Å². The highest BCUT2D eigenvalue weighted by Gasteiger charge is 2.23. The zero-order valence-electron chi connectivity index (χ0n) is 16.6. The molecule has 1 heterocycles. The number of ether oxygens (including phenoxy) is 1. The molecule has 30 heavy (non-hydrogen) atoms. The summed E-state index contributed by atoms with van der Waals surface area (Å²) < 4.78 is 10.9. The van der Waals surface area contributed by atoms with E-state index in [0.29, 0.717) is 33.7 Å². The normalized spacial score (nSPS) is 10.6. The van der Waals surface area contributed by atoms with Crippen LogP contribution >= 0.6 is 0 Å². The second-order valence-corrected chi connectivity index (χ2v) is 6.75. The molecule has 0 aliphatic heterocycles. The Kier molecular flexibility index (Phi) is 5.22. The first-order valence-corrected chi connectivity index (χ1v) is 9.40. The van der Waals surface area contributed by atoms with Crippen LogP contribution in [0, 0.1) is 6.92 Å². The van der Waals surface area contributed by atoms with Gasteiger partial charge in [-0.3, -0.25) is 9.59 Å². The van der Waals surface area contributed by atoms with Gasteiger partial charge in [0.25, 0.3) is 11.8 Å². The fourth-order valence-electron chi connectivity index (χ4n) is 3.20. The molecule has 6 nitrogen and oxygen atoms in total. The number of rotatable bonds is 5. The van der Waals surface area contributed by atoms with E-state index in [1.807, 2.05) is 31.2 Å². The molecule has 150 valence electrons. The molecule has 0 fully saturated rings. The van der Waals surface area contributed by atoms with Crippen LogP contribution in [-0.2, 0) is 0 Å². The average molecular weight is 400 g/mol. The van der Waals surface area contributed by atoms with Crippen LogP contribution in [0.4, 0.5) is 11.4 Å². The molecular formula is C24H20N2O4. The van der Waals surface area contributed by atoms with E-state index < -0.39 is 5.91 Å². The highest BCUT2D eigenvalue weighted by atomic mass is 16.5. The van der Waals surface area contributed by atoms with E-state index >= 15 is 0 Å². The summed E-state index contributed by atoms with van der Waals surface area (Å²) in [5, 5.41) is 6.31. The van der Waals surface area contributed by atoms with E-state index in [4.69, 9.17) is 9.15 Å². The molecule has 0 saturated carbocycles. The molecule has 4 aromatic rings. The summed E-state index contributed by atoms with van der Waals surface area (Å²) in [6.45, 7) is 1.86. The van der Waals surface area contributed by atoms with Crippen molar-refractivity contribution in [2.24, 2.45) is 0 Å². The van der Waals surface area contributed by atoms with Gasteiger partial charge in [0.1, 0.15) is 17.0 Å². The number of amides is 2. The van der Waals surface area contributed by atoms with E-state index in [1.165, 1.54) is 0 Å². The van der Waals surface area contributed by atoms with Crippen molar-refractivity contribution < 1.29 is 18.7 Å². The van der Waals surface area contributed by atoms with E-state index in [-0.39, 0.29) is 11.7 Å². The van der Waals surface area contributed by atoms with Gasteiger partial charge in [-0.25, -0.2) is 0 Å². The Morgan fingerprint density at radius 2 is 1.53 bits per heavy atom. The number of methoxy groups -OCH3 is 1. The Labute approximate surface area is 173 Å². The van der Waals surface area contributed by atoms with E-state index in [1.54, 1.807) is 55.6 Å². The molecule has 6 heteroatoms. The van der Waals surface area contributed by atoms with Crippen LogP contribution in [0.3, 0.4) is 0 Å². The lowest BCUT2D eigenvalue weighted by Gasteiger charge is -2.09. The first kappa shape index (κ1) is 19.3. The summed E-state index contributed by atoms with van der Waals surface area (Å²) in [4.78, 5) is 25.8. The van der Waals surface area contributed by atoms with Crippen molar-refractivity contribution >= 4 is 34.2 Å². The first-order chi connectivity index (χ1) is 14.6. The number of fused-ring (bicyclic) bond motifs is 1. The maximum Gasteiger partial charge on any atom is 0.293 e. The lowest BCUT2D eigenvalue weighted by molar-refractivity contribution is 0.0999. The molecule has 0 atom stereocenters. The van der Waals surface area contributed by atoms with Gasteiger partial charge in [0.2, 0.25) is 5.76 Å². The first-order valence-electron chi connectivity index (χ1n) is 9.40. The fraction of sp³-hybridized carbons (Fsp3) is 0.0833. The molecule has 4 rings (SSSR count). The number of hydrogen-bond acceptors (Lipinski definition) is 4. The van der Waals surface area contributed by atoms with Crippen molar-refractivity contribution in [1.29, 1.82) is 0 Å². The van der Waals surface area contributed by atoms with Crippen molar-refractivity contribution in [3.8, 4) is 5.75 Å². The molecule has 0 radical (unpaired) electrons. The van der Waals surface area contributed by atoms with Gasteiger partial charge in [-0.2, -0.15) is 0 Å². The van der Waals surface area contributed by atoms with Crippen molar-refractivity contribution in [3.63, 3.8) is 0 Å². The number of carbonyl (C=O) groups excluding carboxylic acids is 2. The molecule has 0 spiro atoms. The summed E-state index contributed by atoms with van der Waals surface area (Å²) in [6.07, 6.45) is 0. The van der Waals surface area contributed by atoms with Gasteiger partial charge < -0.3 is 19.8 Å². The van der Waals surface area contributed by atoms with Gasteiger partial charge >= 0.3 is 0 Å². The number of benzene rings is 3. The second-order valence-electron chi connectivity index (χ2n) is 6.75. The van der Waals surface area contributed by atoms with Gasteiger partial charge in [-0.05, 0) is 55.0 Å². The number of para-hydroxylation sites is 1. The minimum absolute atomic E-state index is 0.0361. The number of carbonyl (C=O) groups is 2. The standard InChI is InChI=1S/C24H20N2O4/c1-15-7-3-4-8-18(15)23(27)26-21-19-9-5-6-10-20(19)30-22(21)24(28)25-16-11-13-17(29-2)14-12-16/h3-14H,1-2H3,(H,25,28)(H,26,27). The Balaban J connectivity index is 1.68. The lowest BCUT2D eigenvalue weighted by Crippen LogP contribution is -2.17. The maximum atomic E-state index is 13.0. The molecule has 0 bridgehead atoms. The van der Waals surface area contributed by atoms with Crippen LogP contribution in [0.15, 0.2) is 77.2 Å².